The zero-order valence-corrected chi connectivity index (χ0v) is 17.3. The lowest BCUT2D eigenvalue weighted by molar-refractivity contribution is -0.209. The van der Waals surface area contributed by atoms with Gasteiger partial charge in [-0.1, -0.05) is 17.7 Å². The van der Waals surface area contributed by atoms with Gasteiger partial charge in [0, 0.05) is 30.7 Å². The zero-order valence-electron chi connectivity index (χ0n) is 16.5. The molecule has 6 nitrogen and oxygen atoms in total. The number of ether oxygens (including phenoxy) is 2. The van der Waals surface area contributed by atoms with Crippen LogP contribution in [0.3, 0.4) is 0 Å². The van der Waals surface area contributed by atoms with Crippen LogP contribution in [0.2, 0.25) is 5.02 Å². The third kappa shape index (κ3) is 4.77. The Kier molecular flexibility index (Phi) is 6.59. The fourth-order valence-corrected chi connectivity index (χ4v) is 3.53. The van der Waals surface area contributed by atoms with Crippen LogP contribution in [-0.2, 0) is 16.7 Å². The van der Waals surface area contributed by atoms with E-state index in [2.05, 4.69) is 14.7 Å². The van der Waals surface area contributed by atoms with E-state index in [1.807, 2.05) is 0 Å². The highest BCUT2D eigenvalue weighted by Crippen LogP contribution is 2.41. The Balaban J connectivity index is 1.98. The second-order valence-electron chi connectivity index (χ2n) is 7.09. The molecule has 0 spiro atoms. The minimum Gasteiger partial charge on any atom is -0.494 e. The number of ketones is 1. The molecule has 0 fully saturated rings. The third-order valence-electron chi connectivity index (χ3n) is 4.90. The SMILES string of the molecule is COc1cc(Cl)cnc1C(=O)Cc1ccc(F)c([C@]2(CF)C[C@@H](C(F)(F)F)OC(N)=N2)c1. The van der Waals surface area contributed by atoms with E-state index in [0.29, 0.717) is 0 Å². The lowest BCUT2D eigenvalue weighted by Gasteiger charge is -2.36. The highest BCUT2D eigenvalue weighted by atomic mass is 35.5. The molecule has 0 amide bonds. The van der Waals surface area contributed by atoms with Gasteiger partial charge in [0.2, 0.25) is 0 Å². The molecule has 1 aromatic carbocycles. The number of aliphatic imine (C=N–C) groups is 1. The van der Waals surface area contributed by atoms with E-state index in [1.54, 1.807) is 0 Å². The molecule has 0 aliphatic carbocycles. The number of carbonyl (C=O) groups excluding carboxylic acids is 1. The first kappa shape index (κ1) is 23.7. The number of carbonyl (C=O) groups is 1. The summed E-state index contributed by atoms with van der Waals surface area (Å²) in [7, 11) is 1.32. The number of Topliss-reactive ketones (excluding diaryl/α,β-unsaturated/α-hetero) is 1. The summed E-state index contributed by atoms with van der Waals surface area (Å²) in [5.74, 6) is -1.42. The Morgan fingerprint density at radius 3 is 2.72 bits per heavy atom. The highest BCUT2D eigenvalue weighted by molar-refractivity contribution is 6.30. The maximum absolute atomic E-state index is 14.6. The first-order valence-corrected chi connectivity index (χ1v) is 9.53. The van der Waals surface area contributed by atoms with Crippen molar-refractivity contribution >= 4 is 23.4 Å². The molecule has 1 aliphatic heterocycles. The van der Waals surface area contributed by atoms with Gasteiger partial charge in [0.15, 0.2) is 11.9 Å². The molecule has 32 heavy (non-hydrogen) atoms. The Hall–Kier alpha value is -2.95. The molecule has 2 atom stereocenters. The normalized spacial score (nSPS) is 21.0. The predicted molar refractivity (Wildman–Crippen MR) is 105 cm³/mol. The molecule has 2 N–H and O–H groups in total. The van der Waals surface area contributed by atoms with E-state index in [1.165, 1.54) is 25.4 Å². The minimum absolute atomic E-state index is 0.0477. The monoisotopic (exact) mass is 477 g/mol. The molecule has 1 aromatic heterocycles. The molecule has 172 valence electrons. The number of hydrogen-bond acceptors (Lipinski definition) is 6. The smallest absolute Gasteiger partial charge is 0.425 e. The van der Waals surface area contributed by atoms with Gasteiger partial charge in [-0.05, 0) is 17.7 Å². The molecular weight excluding hydrogens is 461 g/mol. The fraction of sp³-hybridized carbons (Fsp3) is 0.350. The van der Waals surface area contributed by atoms with Crippen molar-refractivity contribution in [3.05, 3.63) is 58.1 Å². The first-order chi connectivity index (χ1) is 15.0. The maximum Gasteiger partial charge on any atom is 0.425 e. The van der Waals surface area contributed by atoms with Crippen molar-refractivity contribution in [2.24, 2.45) is 10.7 Å². The number of nitrogens with two attached hydrogens (primary N) is 1. The Labute approximate surface area is 184 Å². The summed E-state index contributed by atoms with van der Waals surface area (Å²) in [5.41, 5.74) is 2.77. The number of rotatable bonds is 6. The van der Waals surface area contributed by atoms with E-state index < -0.39 is 54.1 Å². The van der Waals surface area contributed by atoms with Crippen molar-refractivity contribution in [1.82, 2.24) is 4.98 Å². The number of nitrogens with zero attached hydrogens (tertiary/aromatic N) is 2. The van der Waals surface area contributed by atoms with E-state index in [-0.39, 0.29) is 28.5 Å². The van der Waals surface area contributed by atoms with Crippen LogP contribution >= 0.6 is 11.6 Å². The van der Waals surface area contributed by atoms with Crippen molar-refractivity contribution in [1.29, 1.82) is 0 Å². The van der Waals surface area contributed by atoms with Gasteiger partial charge in [0.25, 0.3) is 6.02 Å². The number of pyridine rings is 1. The van der Waals surface area contributed by atoms with Gasteiger partial charge in [-0.25, -0.2) is 18.8 Å². The zero-order chi connectivity index (χ0) is 23.7. The van der Waals surface area contributed by atoms with Gasteiger partial charge < -0.3 is 15.2 Å². The van der Waals surface area contributed by atoms with Gasteiger partial charge in [-0.2, -0.15) is 13.2 Å². The Morgan fingerprint density at radius 1 is 1.38 bits per heavy atom. The molecule has 0 bridgehead atoms. The van der Waals surface area contributed by atoms with E-state index in [9.17, 15) is 26.7 Å². The first-order valence-electron chi connectivity index (χ1n) is 9.15. The van der Waals surface area contributed by atoms with Gasteiger partial charge in [-0.15, -0.1) is 0 Å². The summed E-state index contributed by atoms with van der Waals surface area (Å²) in [4.78, 5) is 20.3. The fourth-order valence-electron chi connectivity index (χ4n) is 3.38. The number of aromatic nitrogens is 1. The molecule has 2 aromatic rings. The number of methoxy groups -OCH3 is 1. The van der Waals surface area contributed by atoms with Crippen molar-refractivity contribution in [2.75, 3.05) is 13.8 Å². The lowest BCUT2D eigenvalue weighted by Crippen LogP contribution is -2.48. The van der Waals surface area contributed by atoms with Crippen LogP contribution in [0.25, 0.3) is 0 Å². The summed E-state index contributed by atoms with van der Waals surface area (Å²) >= 11 is 5.83. The molecule has 1 aliphatic rings. The quantitative estimate of drug-likeness (QED) is 0.499. The van der Waals surface area contributed by atoms with Crippen molar-refractivity contribution in [3.63, 3.8) is 0 Å². The Morgan fingerprint density at radius 2 is 2.09 bits per heavy atom. The number of benzene rings is 1. The standard InChI is InChI=1S/C20H17ClF5N3O3/c1-31-15-6-11(21)8-28-17(15)14(30)5-10-2-3-13(23)12(4-10)19(9-22)7-16(20(24,25)26)32-18(27)29-19/h2-4,6,8,16H,5,7,9H2,1H3,(H2,27,29)/t16-,19+/m0/s1. The number of halogens is 6. The molecule has 0 radical (unpaired) electrons. The summed E-state index contributed by atoms with van der Waals surface area (Å²) in [6, 6.07) is 3.73. The van der Waals surface area contributed by atoms with Crippen LogP contribution < -0.4 is 10.5 Å². The molecule has 0 unspecified atom stereocenters. The van der Waals surface area contributed by atoms with Crippen LogP contribution in [0.15, 0.2) is 35.5 Å². The van der Waals surface area contributed by atoms with Crippen LogP contribution in [0.5, 0.6) is 5.75 Å². The summed E-state index contributed by atoms with van der Waals surface area (Å²) in [5, 5.41) is 0.238. The molecule has 0 saturated carbocycles. The summed E-state index contributed by atoms with van der Waals surface area (Å²) in [6.07, 6.45) is -7.44. The van der Waals surface area contributed by atoms with E-state index >= 15 is 0 Å². The third-order valence-corrected chi connectivity index (χ3v) is 5.10. The van der Waals surface area contributed by atoms with Gasteiger partial charge >= 0.3 is 6.18 Å². The molecular formula is C20H17ClF5N3O3. The van der Waals surface area contributed by atoms with E-state index in [4.69, 9.17) is 22.1 Å². The number of amidine groups is 1. The number of hydrogen-bond donors (Lipinski definition) is 1. The lowest BCUT2D eigenvalue weighted by atomic mass is 9.83. The summed E-state index contributed by atoms with van der Waals surface area (Å²) in [6.45, 7) is -1.47. The van der Waals surface area contributed by atoms with E-state index in [0.717, 1.165) is 12.1 Å². The molecule has 3 rings (SSSR count). The second-order valence-corrected chi connectivity index (χ2v) is 7.52. The largest absolute Gasteiger partial charge is 0.494 e. The van der Waals surface area contributed by atoms with Crippen molar-refractivity contribution < 1.29 is 36.2 Å². The average molecular weight is 478 g/mol. The number of alkyl halides is 4. The highest BCUT2D eigenvalue weighted by Gasteiger charge is 2.52. The van der Waals surface area contributed by atoms with Crippen LogP contribution in [0.4, 0.5) is 22.0 Å². The maximum atomic E-state index is 14.6. The minimum atomic E-state index is -4.87. The van der Waals surface area contributed by atoms with Crippen LogP contribution in [0, 0.1) is 5.82 Å². The Bertz CT molecular complexity index is 1060. The van der Waals surface area contributed by atoms with Crippen molar-refractivity contribution in [2.45, 2.75) is 30.7 Å². The second kappa shape index (κ2) is 8.89. The van der Waals surface area contributed by atoms with Gasteiger partial charge in [0.1, 0.15) is 29.5 Å². The molecule has 12 heteroatoms. The predicted octanol–water partition coefficient (Wildman–Crippen LogP) is 4.14. The van der Waals surface area contributed by atoms with Gasteiger partial charge in [0.05, 0.1) is 12.1 Å². The van der Waals surface area contributed by atoms with Crippen LogP contribution in [-0.4, -0.2) is 42.9 Å². The topological polar surface area (TPSA) is 86.8 Å². The molecule has 2 heterocycles. The molecule has 0 saturated heterocycles. The van der Waals surface area contributed by atoms with Gasteiger partial charge in [-0.3, -0.25) is 4.79 Å². The van der Waals surface area contributed by atoms with Crippen molar-refractivity contribution in [3.8, 4) is 5.75 Å². The van der Waals surface area contributed by atoms with Crippen LogP contribution in [0.1, 0.15) is 28.0 Å². The average Bonchev–Trinajstić information content (AvgIpc) is 2.73. The summed E-state index contributed by atoms with van der Waals surface area (Å²) < 4.78 is 77.9.